The molecule has 1 N–H and O–H groups in total. The molecule has 0 saturated carbocycles. The summed E-state index contributed by atoms with van der Waals surface area (Å²) >= 11 is 1.75. The second kappa shape index (κ2) is 9.45. The van der Waals surface area contributed by atoms with Gasteiger partial charge in [0.25, 0.3) is 0 Å². The summed E-state index contributed by atoms with van der Waals surface area (Å²) in [5, 5.41) is 4.45. The lowest BCUT2D eigenvalue weighted by atomic mass is 9.99. The third-order valence-corrected chi connectivity index (χ3v) is 7.25. The van der Waals surface area contributed by atoms with Gasteiger partial charge in [0.05, 0.1) is 5.69 Å². The number of likely N-dealkylation sites (tertiary alicyclic amines) is 1. The summed E-state index contributed by atoms with van der Waals surface area (Å²) < 4.78 is 0. The van der Waals surface area contributed by atoms with Crippen molar-refractivity contribution < 1.29 is 0 Å². The predicted octanol–water partition coefficient (Wildman–Crippen LogP) is 5.73. The van der Waals surface area contributed by atoms with Gasteiger partial charge in [-0.05, 0) is 65.1 Å². The number of aryl methyl sites for hydroxylation is 4. The third-order valence-electron chi connectivity index (χ3n) is 6.19. The lowest BCUT2D eigenvalue weighted by Crippen LogP contribution is -2.32. The van der Waals surface area contributed by atoms with Crippen LogP contribution in [-0.4, -0.2) is 32.9 Å². The zero-order chi connectivity index (χ0) is 22.0. The van der Waals surface area contributed by atoms with Crippen LogP contribution in [0.3, 0.4) is 0 Å². The second-order valence-corrected chi connectivity index (χ2v) is 10.0. The van der Waals surface area contributed by atoms with Crippen LogP contribution < -0.4 is 5.32 Å². The fourth-order valence-corrected chi connectivity index (χ4v) is 5.12. The molecule has 0 radical (unpaired) electrons. The molecule has 3 heterocycles. The molecular weight excluding hydrogens is 402 g/mol. The molecular formula is C25H33N5S. The molecule has 1 aliphatic heterocycles. The van der Waals surface area contributed by atoms with E-state index in [1.165, 1.54) is 41.9 Å². The minimum Gasteiger partial charge on any atom is -0.316 e. The highest BCUT2D eigenvalue weighted by Crippen LogP contribution is 2.30. The zero-order valence-electron chi connectivity index (χ0n) is 19.3. The number of hydrogen-bond acceptors (Lipinski definition) is 6. The van der Waals surface area contributed by atoms with E-state index in [1.54, 1.807) is 11.3 Å². The Morgan fingerprint density at radius 1 is 0.968 bits per heavy atom. The fraction of sp³-hybridized carbons (Fsp3) is 0.480. The monoisotopic (exact) mass is 435 g/mol. The van der Waals surface area contributed by atoms with Crippen LogP contribution in [0.15, 0.2) is 24.3 Å². The van der Waals surface area contributed by atoms with Crippen LogP contribution in [0.2, 0.25) is 0 Å². The fourth-order valence-electron chi connectivity index (χ4n) is 4.11. The molecule has 1 aliphatic rings. The third kappa shape index (κ3) is 5.49. The Morgan fingerprint density at radius 2 is 1.68 bits per heavy atom. The Hall–Kier alpha value is -2.31. The van der Waals surface area contributed by atoms with E-state index < -0.39 is 0 Å². The molecule has 4 rings (SSSR count). The molecule has 0 spiro atoms. The average Bonchev–Trinajstić information content (AvgIpc) is 3.06. The Balaban J connectivity index is 1.54. The van der Waals surface area contributed by atoms with Crippen LogP contribution >= 0.6 is 11.3 Å². The first-order chi connectivity index (χ1) is 14.9. The molecule has 5 nitrogen and oxygen atoms in total. The summed E-state index contributed by atoms with van der Waals surface area (Å²) in [5.74, 6) is 2.51. The molecule has 1 saturated heterocycles. The number of piperidine rings is 1. The summed E-state index contributed by atoms with van der Waals surface area (Å²) in [5.41, 5.74) is 5.81. The van der Waals surface area contributed by atoms with Gasteiger partial charge in [0.1, 0.15) is 11.6 Å². The molecule has 1 fully saturated rings. The van der Waals surface area contributed by atoms with Crippen molar-refractivity contribution in [1.29, 1.82) is 0 Å². The van der Waals surface area contributed by atoms with Crippen LogP contribution in [0, 0.1) is 33.6 Å². The molecule has 0 amide bonds. The van der Waals surface area contributed by atoms with E-state index in [1.807, 2.05) is 6.92 Å². The molecule has 0 bridgehead atoms. The quantitative estimate of drug-likeness (QED) is 0.536. The number of hydrogen-bond donors (Lipinski definition) is 1. The van der Waals surface area contributed by atoms with Gasteiger partial charge in [-0.3, -0.25) is 4.90 Å². The number of aromatic nitrogens is 3. The first-order valence-corrected chi connectivity index (χ1v) is 12.0. The highest BCUT2D eigenvalue weighted by atomic mass is 32.1. The van der Waals surface area contributed by atoms with E-state index in [2.05, 4.69) is 67.2 Å². The molecule has 6 heteroatoms. The van der Waals surface area contributed by atoms with Crippen molar-refractivity contribution in [3.05, 3.63) is 63.0 Å². The van der Waals surface area contributed by atoms with Gasteiger partial charge in [-0.1, -0.05) is 36.8 Å². The maximum atomic E-state index is 4.83. The number of nitrogens with one attached hydrogen (secondary N) is 1. The Labute approximate surface area is 190 Å². The Bertz CT molecular complexity index is 1030. The van der Waals surface area contributed by atoms with E-state index in [9.17, 15) is 0 Å². The number of anilines is 2. The van der Waals surface area contributed by atoms with E-state index in [4.69, 9.17) is 9.97 Å². The predicted molar refractivity (Wildman–Crippen MR) is 129 cm³/mol. The summed E-state index contributed by atoms with van der Waals surface area (Å²) in [6.07, 6.45) is 3.40. The first-order valence-electron chi connectivity index (χ1n) is 11.2. The molecule has 1 aromatic carbocycles. The van der Waals surface area contributed by atoms with Gasteiger partial charge in [-0.15, -0.1) is 11.3 Å². The maximum absolute atomic E-state index is 4.83. The first kappa shape index (κ1) is 21.9. The SMILES string of the molecule is Cc1ccc(Cc2c(C)nc(C)nc2Nc2nc(C)c(CN3CCC(C)CC3)s2)cc1. The van der Waals surface area contributed by atoms with Crippen molar-refractivity contribution in [2.45, 2.75) is 60.4 Å². The van der Waals surface area contributed by atoms with E-state index >= 15 is 0 Å². The van der Waals surface area contributed by atoms with E-state index in [-0.39, 0.29) is 0 Å². The van der Waals surface area contributed by atoms with E-state index in [0.717, 1.165) is 52.6 Å². The molecule has 0 aliphatic carbocycles. The van der Waals surface area contributed by atoms with E-state index in [0.29, 0.717) is 0 Å². The normalized spacial score (nSPS) is 15.4. The molecule has 0 atom stereocenters. The highest BCUT2D eigenvalue weighted by Gasteiger charge is 2.19. The molecule has 164 valence electrons. The molecule has 31 heavy (non-hydrogen) atoms. The Morgan fingerprint density at radius 3 is 2.39 bits per heavy atom. The van der Waals surface area contributed by atoms with Crippen molar-refractivity contribution in [1.82, 2.24) is 19.9 Å². The standard InChI is InChI=1S/C25H33N5S/c1-16-6-8-21(9-7-16)14-22-18(3)26-20(5)28-24(22)29-25-27-19(4)23(31-25)15-30-12-10-17(2)11-13-30/h6-9,17H,10-15H2,1-5H3,(H,26,27,28,29). The minimum absolute atomic E-state index is 0.781. The maximum Gasteiger partial charge on any atom is 0.188 e. The topological polar surface area (TPSA) is 53.9 Å². The van der Waals surface area contributed by atoms with Crippen LogP contribution in [0.5, 0.6) is 0 Å². The van der Waals surface area contributed by atoms with Gasteiger partial charge in [-0.2, -0.15) is 0 Å². The number of benzene rings is 1. The summed E-state index contributed by atoms with van der Waals surface area (Å²) in [6, 6.07) is 8.68. The van der Waals surface area contributed by atoms with Gasteiger partial charge < -0.3 is 5.32 Å². The van der Waals surface area contributed by atoms with Crippen molar-refractivity contribution in [2.75, 3.05) is 18.4 Å². The highest BCUT2D eigenvalue weighted by molar-refractivity contribution is 7.15. The largest absolute Gasteiger partial charge is 0.316 e. The van der Waals surface area contributed by atoms with Crippen molar-refractivity contribution in [3.63, 3.8) is 0 Å². The average molecular weight is 436 g/mol. The van der Waals surface area contributed by atoms with Crippen LogP contribution in [0.4, 0.5) is 10.9 Å². The number of thiazole rings is 1. The zero-order valence-corrected chi connectivity index (χ0v) is 20.1. The van der Waals surface area contributed by atoms with Gasteiger partial charge in [0, 0.05) is 29.1 Å². The summed E-state index contributed by atoms with van der Waals surface area (Å²) in [6.45, 7) is 14.0. The summed E-state index contributed by atoms with van der Waals surface area (Å²) in [7, 11) is 0. The van der Waals surface area contributed by atoms with Crippen molar-refractivity contribution in [3.8, 4) is 0 Å². The number of rotatable bonds is 6. The second-order valence-electron chi connectivity index (χ2n) is 8.96. The van der Waals surface area contributed by atoms with Crippen molar-refractivity contribution >= 4 is 22.3 Å². The number of nitrogens with zero attached hydrogens (tertiary/aromatic N) is 4. The summed E-state index contributed by atoms with van der Waals surface area (Å²) in [4.78, 5) is 18.1. The smallest absolute Gasteiger partial charge is 0.188 e. The molecule has 3 aromatic rings. The lowest BCUT2D eigenvalue weighted by Gasteiger charge is -2.29. The van der Waals surface area contributed by atoms with Gasteiger partial charge in [0.15, 0.2) is 5.13 Å². The molecule has 2 aromatic heterocycles. The Kier molecular flexibility index (Phi) is 6.68. The van der Waals surface area contributed by atoms with Crippen molar-refractivity contribution in [2.24, 2.45) is 5.92 Å². The van der Waals surface area contributed by atoms with Crippen LogP contribution in [0.1, 0.15) is 58.5 Å². The lowest BCUT2D eigenvalue weighted by molar-refractivity contribution is 0.186. The van der Waals surface area contributed by atoms with Gasteiger partial charge in [0.2, 0.25) is 0 Å². The van der Waals surface area contributed by atoms with Gasteiger partial charge in [-0.25, -0.2) is 15.0 Å². The molecule has 0 unspecified atom stereocenters. The van der Waals surface area contributed by atoms with Crippen LogP contribution in [0.25, 0.3) is 0 Å². The minimum atomic E-state index is 0.781. The van der Waals surface area contributed by atoms with Crippen LogP contribution in [-0.2, 0) is 13.0 Å². The van der Waals surface area contributed by atoms with Gasteiger partial charge >= 0.3 is 0 Å².